The fourth-order valence-corrected chi connectivity index (χ4v) is 1.95. The summed E-state index contributed by atoms with van der Waals surface area (Å²) in [6.45, 7) is 2.09. The molecule has 1 aliphatic heterocycles. The summed E-state index contributed by atoms with van der Waals surface area (Å²) in [6, 6.07) is 7.53. The number of fused-ring (bicyclic) bond motifs is 1. The Morgan fingerprint density at radius 3 is 2.94 bits per heavy atom. The molecule has 0 saturated carbocycles. The summed E-state index contributed by atoms with van der Waals surface area (Å²) >= 11 is 0. The van der Waals surface area contributed by atoms with E-state index in [4.69, 9.17) is 4.74 Å². The van der Waals surface area contributed by atoms with Crippen molar-refractivity contribution in [2.24, 2.45) is 0 Å². The van der Waals surface area contributed by atoms with Crippen molar-refractivity contribution in [2.75, 3.05) is 13.2 Å². The van der Waals surface area contributed by atoms with Gasteiger partial charge in [0, 0.05) is 5.56 Å². The summed E-state index contributed by atoms with van der Waals surface area (Å²) < 4.78 is 5.48. The molecule has 1 aromatic carbocycles. The van der Waals surface area contributed by atoms with Crippen LogP contribution < -0.4 is 10.1 Å². The first-order valence-corrected chi connectivity index (χ1v) is 5.67. The number of rotatable bonds is 3. The van der Waals surface area contributed by atoms with E-state index in [0.717, 1.165) is 11.3 Å². The second kappa shape index (κ2) is 4.99. The Hall–Kier alpha value is -1.84. The molecule has 0 spiro atoms. The molecule has 1 heterocycles. The number of carbonyl (C=O) groups is 2. The number of hydrogen-bond acceptors (Lipinski definition) is 3. The summed E-state index contributed by atoms with van der Waals surface area (Å²) in [7, 11) is 0. The van der Waals surface area contributed by atoms with Crippen molar-refractivity contribution < 1.29 is 14.3 Å². The maximum Gasteiger partial charge on any atom is 0.228 e. The second-order valence-electron chi connectivity index (χ2n) is 4.15. The summed E-state index contributed by atoms with van der Waals surface area (Å²) in [6.07, 6.45) is 0.654. The Kier molecular flexibility index (Phi) is 3.42. The minimum atomic E-state index is -0.209. The monoisotopic (exact) mass is 233 g/mol. The standard InChI is InChI=1S/C13H15NO3/c1-9(15)8-14-13(16)11-6-7-17-12-5-3-2-4-10(11)12/h2-5,11H,6-8H2,1H3,(H,14,16). The van der Waals surface area contributed by atoms with Crippen molar-refractivity contribution in [2.45, 2.75) is 19.3 Å². The van der Waals surface area contributed by atoms with Crippen molar-refractivity contribution in [1.29, 1.82) is 0 Å². The van der Waals surface area contributed by atoms with Crippen LogP contribution in [0.15, 0.2) is 24.3 Å². The van der Waals surface area contributed by atoms with E-state index in [1.165, 1.54) is 6.92 Å². The van der Waals surface area contributed by atoms with E-state index < -0.39 is 0 Å². The highest BCUT2D eigenvalue weighted by Crippen LogP contribution is 2.33. The van der Waals surface area contributed by atoms with Gasteiger partial charge in [-0.15, -0.1) is 0 Å². The van der Waals surface area contributed by atoms with E-state index in [-0.39, 0.29) is 24.2 Å². The van der Waals surface area contributed by atoms with E-state index in [1.807, 2.05) is 24.3 Å². The zero-order valence-corrected chi connectivity index (χ0v) is 9.73. The van der Waals surface area contributed by atoms with E-state index in [9.17, 15) is 9.59 Å². The molecule has 1 aliphatic rings. The number of ketones is 1. The first-order valence-electron chi connectivity index (χ1n) is 5.67. The molecule has 1 aromatic rings. The topological polar surface area (TPSA) is 55.4 Å². The van der Waals surface area contributed by atoms with Crippen molar-refractivity contribution in [3.8, 4) is 5.75 Å². The molecule has 2 rings (SSSR count). The number of ether oxygens (including phenoxy) is 1. The van der Waals surface area contributed by atoms with Gasteiger partial charge >= 0.3 is 0 Å². The van der Waals surface area contributed by atoms with Crippen molar-refractivity contribution in [3.05, 3.63) is 29.8 Å². The number of carbonyl (C=O) groups excluding carboxylic acids is 2. The van der Waals surface area contributed by atoms with Crippen LogP contribution in [0.1, 0.15) is 24.8 Å². The molecule has 0 saturated heterocycles. The van der Waals surface area contributed by atoms with Crippen LogP contribution in [0.4, 0.5) is 0 Å². The molecule has 90 valence electrons. The number of nitrogens with one attached hydrogen (secondary N) is 1. The summed E-state index contributed by atoms with van der Waals surface area (Å²) in [5, 5.41) is 2.65. The van der Waals surface area contributed by atoms with Gasteiger partial charge in [0.25, 0.3) is 0 Å². The van der Waals surface area contributed by atoms with Crippen LogP contribution in [0.2, 0.25) is 0 Å². The summed E-state index contributed by atoms with van der Waals surface area (Å²) in [5.74, 6) is 0.413. The minimum Gasteiger partial charge on any atom is -0.493 e. The third kappa shape index (κ3) is 2.64. The Morgan fingerprint density at radius 2 is 2.18 bits per heavy atom. The zero-order valence-electron chi connectivity index (χ0n) is 9.73. The lowest BCUT2D eigenvalue weighted by atomic mass is 9.92. The molecular weight excluding hydrogens is 218 g/mol. The quantitative estimate of drug-likeness (QED) is 0.855. The van der Waals surface area contributed by atoms with E-state index in [0.29, 0.717) is 13.0 Å². The van der Waals surface area contributed by atoms with Crippen LogP contribution in [-0.2, 0) is 9.59 Å². The molecule has 0 aliphatic carbocycles. The molecule has 17 heavy (non-hydrogen) atoms. The maximum atomic E-state index is 11.9. The molecular formula is C13H15NO3. The van der Waals surface area contributed by atoms with E-state index in [2.05, 4.69) is 5.32 Å². The third-order valence-corrected chi connectivity index (χ3v) is 2.79. The molecule has 1 unspecified atom stereocenters. The smallest absolute Gasteiger partial charge is 0.228 e. The number of benzene rings is 1. The fourth-order valence-electron chi connectivity index (χ4n) is 1.95. The maximum absolute atomic E-state index is 11.9. The largest absolute Gasteiger partial charge is 0.493 e. The molecule has 4 heteroatoms. The molecule has 1 amide bonds. The summed E-state index contributed by atoms with van der Waals surface area (Å²) in [5.41, 5.74) is 0.903. The minimum absolute atomic E-state index is 0.0429. The van der Waals surface area contributed by atoms with Crippen LogP contribution in [0.3, 0.4) is 0 Å². The molecule has 1 atom stereocenters. The zero-order chi connectivity index (χ0) is 12.3. The Morgan fingerprint density at radius 1 is 1.41 bits per heavy atom. The lowest BCUT2D eigenvalue weighted by molar-refractivity contribution is -0.126. The Balaban J connectivity index is 2.12. The van der Waals surface area contributed by atoms with Crippen molar-refractivity contribution in [3.63, 3.8) is 0 Å². The molecule has 0 fully saturated rings. The average Bonchev–Trinajstić information content (AvgIpc) is 2.35. The summed E-state index contributed by atoms with van der Waals surface area (Å²) in [4.78, 5) is 22.8. The van der Waals surface area contributed by atoms with Gasteiger partial charge in [0.1, 0.15) is 11.5 Å². The lowest BCUT2D eigenvalue weighted by Gasteiger charge is -2.24. The lowest BCUT2D eigenvalue weighted by Crippen LogP contribution is -2.35. The van der Waals surface area contributed by atoms with Crippen LogP contribution in [0, 0.1) is 0 Å². The molecule has 0 aromatic heterocycles. The molecule has 4 nitrogen and oxygen atoms in total. The van der Waals surface area contributed by atoms with Crippen LogP contribution in [0.5, 0.6) is 5.75 Å². The van der Waals surface area contributed by atoms with Crippen LogP contribution >= 0.6 is 0 Å². The number of Topliss-reactive ketones (excluding diaryl/α,β-unsaturated/α-hetero) is 1. The van der Waals surface area contributed by atoms with Gasteiger partial charge in [-0.2, -0.15) is 0 Å². The average molecular weight is 233 g/mol. The van der Waals surface area contributed by atoms with E-state index in [1.54, 1.807) is 0 Å². The van der Waals surface area contributed by atoms with Gasteiger partial charge in [0.15, 0.2) is 0 Å². The Bertz CT molecular complexity index is 442. The molecule has 0 bridgehead atoms. The van der Waals surface area contributed by atoms with Crippen LogP contribution in [0.25, 0.3) is 0 Å². The van der Waals surface area contributed by atoms with Gasteiger partial charge in [-0.25, -0.2) is 0 Å². The van der Waals surface area contributed by atoms with Gasteiger partial charge in [0.2, 0.25) is 5.91 Å². The highest BCUT2D eigenvalue weighted by molar-refractivity contribution is 5.89. The third-order valence-electron chi connectivity index (χ3n) is 2.79. The number of hydrogen-bond donors (Lipinski definition) is 1. The van der Waals surface area contributed by atoms with Crippen LogP contribution in [-0.4, -0.2) is 24.8 Å². The fraction of sp³-hybridized carbons (Fsp3) is 0.385. The second-order valence-corrected chi connectivity index (χ2v) is 4.15. The number of para-hydroxylation sites is 1. The Labute approximate surface area is 100.0 Å². The number of amides is 1. The van der Waals surface area contributed by atoms with Crippen molar-refractivity contribution >= 4 is 11.7 Å². The van der Waals surface area contributed by atoms with Gasteiger partial charge < -0.3 is 10.1 Å². The van der Waals surface area contributed by atoms with Crippen molar-refractivity contribution in [1.82, 2.24) is 5.32 Å². The molecule has 1 N–H and O–H groups in total. The van der Waals surface area contributed by atoms with Gasteiger partial charge in [-0.1, -0.05) is 18.2 Å². The van der Waals surface area contributed by atoms with Gasteiger partial charge in [-0.3, -0.25) is 9.59 Å². The molecule has 0 radical (unpaired) electrons. The van der Waals surface area contributed by atoms with E-state index >= 15 is 0 Å². The highest BCUT2D eigenvalue weighted by Gasteiger charge is 2.27. The van der Waals surface area contributed by atoms with Gasteiger partial charge in [-0.05, 0) is 19.4 Å². The highest BCUT2D eigenvalue weighted by atomic mass is 16.5. The first kappa shape index (κ1) is 11.6. The van der Waals surface area contributed by atoms with Gasteiger partial charge in [0.05, 0.1) is 19.1 Å². The first-order chi connectivity index (χ1) is 8.18. The predicted molar refractivity (Wildman–Crippen MR) is 63.0 cm³/mol. The predicted octanol–water partition coefficient (Wildman–Crippen LogP) is 1.26. The SMILES string of the molecule is CC(=O)CNC(=O)C1CCOc2ccccc21. The normalized spacial score (nSPS) is 17.8.